The van der Waals surface area contributed by atoms with Crippen LogP contribution < -0.4 is 19.6 Å². The number of aldehydes is 1. The van der Waals surface area contributed by atoms with Crippen molar-refractivity contribution in [2.24, 2.45) is 0 Å². The van der Waals surface area contributed by atoms with Crippen molar-refractivity contribution in [3.63, 3.8) is 0 Å². The highest BCUT2D eigenvalue weighted by molar-refractivity contribution is 7.17. The summed E-state index contributed by atoms with van der Waals surface area (Å²) in [7, 11) is 0. The van der Waals surface area contributed by atoms with Crippen LogP contribution in [-0.2, 0) is 14.4 Å². The molecule has 96 heavy (non-hydrogen) atoms. The molecule has 0 fully saturated rings. The molecule has 0 aliphatic rings. The van der Waals surface area contributed by atoms with E-state index in [0.29, 0.717) is 16.0 Å². The number of aryl methyl sites for hydroxylation is 3. The molecule has 0 amide bonds. The van der Waals surface area contributed by atoms with Gasteiger partial charge in [-0.2, -0.15) is 15.8 Å². The predicted octanol–water partition coefficient (Wildman–Crippen LogP) is 21.8. The Labute approximate surface area is 568 Å². The summed E-state index contributed by atoms with van der Waals surface area (Å²) >= 11 is 4.34. The Balaban J connectivity index is 0.922. The minimum atomic E-state index is -1.27. The van der Waals surface area contributed by atoms with Crippen molar-refractivity contribution in [3.8, 4) is 49.5 Å². The Bertz CT molecular complexity index is 4890. The molecule has 464 valence electrons. The van der Waals surface area contributed by atoms with Gasteiger partial charge < -0.3 is 29.8 Å². The van der Waals surface area contributed by atoms with Gasteiger partial charge in [0.05, 0.1) is 5.57 Å². The van der Waals surface area contributed by atoms with Gasteiger partial charge in [0.15, 0.2) is 6.29 Å². The number of hydrogen-bond acceptors (Lipinski definition) is 13. The number of rotatable bonds is 21. The summed E-state index contributed by atoms with van der Waals surface area (Å²) in [6, 6.07) is 92.7. The third kappa shape index (κ3) is 14.3. The zero-order chi connectivity index (χ0) is 66.8. The third-order valence-electron chi connectivity index (χ3n) is 15.8. The summed E-state index contributed by atoms with van der Waals surface area (Å²) in [4.78, 5) is 48.6. The molecule has 0 saturated carbocycles. The fourth-order valence-corrected chi connectivity index (χ4v) is 14.1. The van der Waals surface area contributed by atoms with Crippen molar-refractivity contribution in [1.82, 2.24) is 0 Å². The lowest BCUT2D eigenvalue weighted by Crippen LogP contribution is -2.14. The van der Waals surface area contributed by atoms with Crippen molar-refractivity contribution in [1.29, 1.82) is 15.8 Å². The Morgan fingerprint density at radius 2 is 0.583 bits per heavy atom. The Hall–Kier alpha value is -12.4. The van der Waals surface area contributed by atoms with E-state index in [9.17, 15) is 40.4 Å². The second-order valence-corrected chi connectivity index (χ2v) is 25.8. The largest absolute Gasteiger partial charge is 0.477 e. The van der Waals surface area contributed by atoms with Crippen LogP contribution in [0.1, 0.15) is 31.3 Å². The maximum absolute atomic E-state index is 11.6. The monoisotopic (exact) mass is 1300 g/mol. The summed E-state index contributed by atoms with van der Waals surface area (Å²) < 4.78 is 0. The fraction of sp³-hybridized carbons (Fsp3) is 0.0370. The SMILES string of the molecule is Cc1cccc(N(c2ccc(-c3ccc(/C=C(/C#N)C=O)s3)cc2)c2ccc(N(c3ccc(N(c4ccc(-c5ccc(/C=C(/C#N)C(=O)O)s5)cc4)c4cccc(C)c4)cc3)c3ccc(N(c4ccc(-c5ccc(/C=C(\C#N)C(=O)O)s5)cc4)c4cccc(C)c4)cc3)cc2)c1. The molecular formula is C81H57N7O5S3. The lowest BCUT2D eigenvalue weighted by Gasteiger charge is -2.30. The number of carboxylic acid groups (broad SMARTS) is 2. The standard InChI is InChI=1S/C81H57N7O5S3/c1-53-7-4-10-71(43-53)86(62-19-13-57(14-20-62)77-40-37-74(94-77)46-56(49-82)52-89)68-31-25-65(26-32-68)85(66-27-33-69(34-28-66)87(72-11-5-8-54(2)44-72)63-21-15-58(16-22-63)78-41-38-75(95-78)47-60(50-83)80(90)91)67-29-35-70(36-30-67)88(73-12-6-9-55(3)45-73)64-23-17-59(18-24-64)79-42-39-76(96-79)48-61(51-84)81(92)93/h4-48,52H,1-3H3,(H,90,91)(H,92,93)/b56-46-,60-47-,61-48+. The van der Waals surface area contributed by atoms with Gasteiger partial charge in [-0.05, 0) is 254 Å². The molecule has 0 spiro atoms. The van der Waals surface area contributed by atoms with Gasteiger partial charge >= 0.3 is 11.9 Å². The number of benzene rings is 9. The minimum Gasteiger partial charge on any atom is -0.477 e. The van der Waals surface area contributed by atoms with Crippen LogP contribution >= 0.6 is 34.0 Å². The van der Waals surface area contributed by atoms with Gasteiger partial charge in [-0.1, -0.05) is 72.8 Å². The van der Waals surface area contributed by atoms with Crippen LogP contribution in [0.15, 0.2) is 272 Å². The van der Waals surface area contributed by atoms with Crippen molar-refractivity contribution in [3.05, 3.63) is 303 Å². The van der Waals surface area contributed by atoms with Crippen LogP contribution in [0.25, 0.3) is 49.5 Å². The summed E-state index contributed by atoms with van der Waals surface area (Å²) in [5, 5.41) is 47.1. The first-order chi connectivity index (χ1) is 46.7. The molecular weight excluding hydrogens is 1250 g/mol. The van der Waals surface area contributed by atoms with Crippen LogP contribution in [0.2, 0.25) is 0 Å². The highest BCUT2D eigenvalue weighted by Crippen LogP contribution is 2.45. The second kappa shape index (κ2) is 28.6. The quantitative estimate of drug-likeness (QED) is 0.0396. The summed E-state index contributed by atoms with van der Waals surface area (Å²) in [6.07, 6.45) is 4.96. The average Bonchev–Trinajstić information content (AvgIpc) is 0.925. The summed E-state index contributed by atoms with van der Waals surface area (Å²) in [6.45, 7) is 6.24. The molecule has 0 atom stereocenters. The lowest BCUT2D eigenvalue weighted by atomic mass is 10.1. The summed E-state index contributed by atoms with van der Waals surface area (Å²) in [5.41, 5.74) is 16.9. The molecule has 12 aromatic rings. The third-order valence-corrected chi connectivity index (χ3v) is 19.1. The molecule has 0 radical (unpaired) electrons. The van der Waals surface area contributed by atoms with Gasteiger partial charge in [0.25, 0.3) is 0 Å². The molecule has 0 aliphatic carbocycles. The first-order valence-electron chi connectivity index (χ1n) is 30.3. The van der Waals surface area contributed by atoms with Crippen LogP contribution in [0.5, 0.6) is 0 Å². The van der Waals surface area contributed by atoms with Crippen molar-refractivity contribution in [2.75, 3.05) is 19.6 Å². The van der Waals surface area contributed by atoms with Gasteiger partial charge in [0.1, 0.15) is 29.4 Å². The van der Waals surface area contributed by atoms with E-state index in [1.807, 2.05) is 42.5 Å². The van der Waals surface area contributed by atoms with Crippen molar-refractivity contribution in [2.45, 2.75) is 20.8 Å². The number of carboxylic acids is 2. The smallest absolute Gasteiger partial charge is 0.346 e. The first kappa shape index (κ1) is 63.7. The van der Waals surface area contributed by atoms with Gasteiger partial charge in [-0.15, -0.1) is 34.0 Å². The van der Waals surface area contributed by atoms with Gasteiger partial charge in [0, 0.05) is 97.5 Å². The predicted molar refractivity (Wildman–Crippen MR) is 391 cm³/mol. The number of carbonyl (C=O) groups excluding carboxylic acids is 1. The Morgan fingerprint density at radius 1 is 0.333 bits per heavy atom. The molecule has 12 rings (SSSR count). The lowest BCUT2D eigenvalue weighted by molar-refractivity contribution is -0.133. The molecule has 9 aromatic carbocycles. The minimum absolute atomic E-state index is 0.0694. The van der Waals surface area contributed by atoms with E-state index < -0.39 is 11.9 Å². The number of allylic oxidation sites excluding steroid dienone is 1. The van der Waals surface area contributed by atoms with E-state index in [4.69, 9.17) is 0 Å². The topological polar surface area (TPSA) is 176 Å². The average molecular weight is 1300 g/mol. The first-order valence-corrected chi connectivity index (χ1v) is 32.8. The van der Waals surface area contributed by atoms with Crippen molar-refractivity contribution >= 4 is 139 Å². The number of nitriles is 3. The van der Waals surface area contributed by atoms with Crippen LogP contribution in [0.3, 0.4) is 0 Å². The highest BCUT2D eigenvalue weighted by Gasteiger charge is 2.22. The number of thiophene rings is 3. The Morgan fingerprint density at radius 3 is 0.812 bits per heavy atom. The second-order valence-electron chi connectivity index (χ2n) is 22.4. The van der Waals surface area contributed by atoms with Gasteiger partial charge in [-0.3, -0.25) is 4.79 Å². The van der Waals surface area contributed by atoms with E-state index in [0.717, 1.165) is 121 Å². The molecule has 0 bridgehead atoms. The molecule has 3 aromatic heterocycles. The summed E-state index contributed by atoms with van der Waals surface area (Å²) in [5.74, 6) is -2.53. The van der Waals surface area contributed by atoms with Gasteiger partial charge in [0.2, 0.25) is 0 Å². The van der Waals surface area contributed by atoms with E-state index in [-0.39, 0.29) is 16.7 Å². The highest BCUT2D eigenvalue weighted by atomic mass is 32.1. The number of carbonyl (C=O) groups is 3. The number of nitrogens with zero attached hydrogens (tertiary/aromatic N) is 7. The van der Waals surface area contributed by atoms with Gasteiger partial charge in [-0.25, -0.2) is 9.59 Å². The molecule has 3 heterocycles. The normalized spacial score (nSPS) is 11.4. The molecule has 12 nitrogen and oxygen atoms in total. The van der Waals surface area contributed by atoms with Crippen molar-refractivity contribution < 1.29 is 24.6 Å². The number of anilines is 12. The molecule has 15 heteroatoms. The van der Waals surface area contributed by atoms with Crippen LogP contribution in [0, 0.1) is 54.8 Å². The van der Waals surface area contributed by atoms with E-state index in [1.165, 1.54) is 46.2 Å². The fourth-order valence-electron chi connectivity index (χ4n) is 11.2. The van der Waals surface area contributed by atoms with Crippen LogP contribution in [-0.4, -0.2) is 28.4 Å². The molecule has 0 unspecified atom stereocenters. The van der Waals surface area contributed by atoms with Crippen LogP contribution in [0.4, 0.5) is 68.2 Å². The molecule has 2 N–H and O–H groups in total. The molecule has 0 saturated heterocycles. The number of aliphatic carboxylic acids is 2. The zero-order valence-corrected chi connectivity index (χ0v) is 54.5. The van der Waals surface area contributed by atoms with E-state index in [1.54, 1.807) is 18.2 Å². The Kier molecular flexibility index (Phi) is 19.0. The van der Waals surface area contributed by atoms with E-state index >= 15 is 0 Å². The number of hydrogen-bond donors (Lipinski definition) is 2. The van der Waals surface area contributed by atoms with E-state index in [2.05, 4.69) is 259 Å². The maximum Gasteiger partial charge on any atom is 0.346 e. The molecule has 0 aliphatic heterocycles. The maximum atomic E-state index is 11.6. The zero-order valence-electron chi connectivity index (χ0n) is 52.0.